The summed E-state index contributed by atoms with van der Waals surface area (Å²) in [4.78, 5) is 19.9. The molecule has 0 spiro atoms. The van der Waals surface area contributed by atoms with E-state index in [-0.39, 0.29) is 52.0 Å². The van der Waals surface area contributed by atoms with Crippen molar-refractivity contribution in [1.82, 2.24) is 30.2 Å². The SMILES string of the molecule is C[C@@H]1CN(c2nc(CN(Cc3ncccn3)CC(F)(F)F)nc3c(F)c(-c4c(O)cccc4F)c(Cl)cc23)[C@@H](C)CN1. The predicted molar refractivity (Wildman–Crippen MR) is 148 cm³/mol. The summed E-state index contributed by atoms with van der Waals surface area (Å²) >= 11 is 6.50. The molecule has 3 heterocycles. The zero-order valence-corrected chi connectivity index (χ0v) is 23.4. The minimum Gasteiger partial charge on any atom is -0.507 e. The van der Waals surface area contributed by atoms with Gasteiger partial charge in [0.2, 0.25) is 0 Å². The molecular formula is C28H27ClF5N7O. The zero-order chi connectivity index (χ0) is 30.2. The van der Waals surface area contributed by atoms with Crippen LogP contribution in [0.15, 0.2) is 42.7 Å². The van der Waals surface area contributed by atoms with Gasteiger partial charge < -0.3 is 15.3 Å². The molecule has 8 nitrogen and oxygen atoms in total. The number of fused-ring (bicyclic) bond motifs is 1. The highest BCUT2D eigenvalue weighted by Crippen LogP contribution is 2.42. The summed E-state index contributed by atoms with van der Waals surface area (Å²) in [5.41, 5.74) is -1.13. The second kappa shape index (κ2) is 11.9. The van der Waals surface area contributed by atoms with E-state index in [1.54, 1.807) is 6.07 Å². The van der Waals surface area contributed by atoms with E-state index < -0.39 is 47.8 Å². The van der Waals surface area contributed by atoms with Gasteiger partial charge >= 0.3 is 6.18 Å². The van der Waals surface area contributed by atoms with Crippen LogP contribution in [-0.2, 0) is 13.1 Å². The Morgan fingerprint density at radius 1 is 1.05 bits per heavy atom. The van der Waals surface area contributed by atoms with E-state index in [1.807, 2.05) is 18.7 Å². The lowest BCUT2D eigenvalue weighted by Crippen LogP contribution is -2.54. The Balaban J connectivity index is 1.69. The number of hydrogen-bond donors (Lipinski definition) is 2. The monoisotopic (exact) mass is 607 g/mol. The van der Waals surface area contributed by atoms with Gasteiger partial charge in [-0.25, -0.2) is 28.7 Å². The number of hydrogen-bond acceptors (Lipinski definition) is 8. The van der Waals surface area contributed by atoms with Crippen molar-refractivity contribution in [2.75, 3.05) is 24.5 Å². The number of nitrogens with zero attached hydrogens (tertiary/aromatic N) is 6. The standard InChI is InChI=1S/C28H27ClF5N7O/c1-15-11-41(16(2)10-37-15)27-17-9-18(29)23(24-19(30)5-3-6-20(24)42)25(31)26(17)38-22(39-27)13-40(14-28(32,33)34)12-21-35-7-4-8-36-21/h3-9,15-16,37,42H,10-14H2,1-2H3/t15-,16+/m1/s1. The number of piperazine rings is 1. The van der Waals surface area contributed by atoms with Gasteiger partial charge in [0, 0.05) is 48.5 Å². The van der Waals surface area contributed by atoms with Crippen LogP contribution < -0.4 is 10.2 Å². The van der Waals surface area contributed by atoms with Crippen molar-refractivity contribution >= 4 is 28.3 Å². The summed E-state index contributed by atoms with van der Waals surface area (Å²) in [6, 6.07) is 6.36. The molecule has 2 N–H and O–H groups in total. The smallest absolute Gasteiger partial charge is 0.401 e. The molecule has 1 aliphatic heterocycles. The molecule has 0 amide bonds. The van der Waals surface area contributed by atoms with Gasteiger partial charge in [0.1, 0.15) is 34.6 Å². The molecule has 1 fully saturated rings. The van der Waals surface area contributed by atoms with Gasteiger partial charge in [-0.05, 0) is 38.1 Å². The summed E-state index contributed by atoms with van der Waals surface area (Å²) in [5.74, 6) is -2.14. The summed E-state index contributed by atoms with van der Waals surface area (Å²) in [6.07, 6.45) is -1.72. The van der Waals surface area contributed by atoms with Gasteiger partial charge in [-0.2, -0.15) is 13.2 Å². The van der Waals surface area contributed by atoms with Crippen molar-refractivity contribution in [3.63, 3.8) is 0 Å². The van der Waals surface area contributed by atoms with Crippen LogP contribution in [0.1, 0.15) is 25.5 Å². The molecule has 0 aliphatic carbocycles. The lowest BCUT2D eigenvalue weighted by molar-refractivity contribution is -0.148. The molecule has 14 heteroatoms. The third kappa shape index (κ3) is 6.37. The first kappa shape index (κ1) is 29.8. The number of aromatic nitrogens is 4. The Bertz CT molecular complexity index is 1570. The van der Waals surface area contributed by atoms with Gasteiger partial charge in [0.05, 0.1) is 30.2 Å². The zero-order valence-electron chi connectivity index (χ0n) is 22.6. The minimum atomic E-state index is -4.56. The highest BCUT2D eigenvalue weighted by Gasteiger charge is 2.33. The van der Waals surface area contributed by atoms with Gasteiger partial charge in [-0.3, -0.25) is 4.90 Å². The number of benzene rings is 2. The van der Waals surface area contributed by atoms with Crippen LogP contribution in [0.25, 0.3) is 22.0 Å². The first-order valence-electron chi connectivity index (χ1n) is 13.1. The second-order valence-electron chi connectivity index (χ2n) is 10.3. The number of phenols is 1. The fourth-order valence-electron chi connectivity index (χ4n) is 5.05. The topological polar surface area (TPSA) is 90.3 Å². The minimum absolute atomic E-state index is 0.0292. The maximum atomic E-state index is 16.3. The van der Waals surface area contributed by atoms with Gasteiger partial charge in [0.15, 0.2) is 5.82 Å². The van der Waals surface area contributed by atoms with E-state index in [4.69, 9.17) is 11.6 Å². The van der Waals surface area contributed by atoms with E-state index >= 15 is 4.39 Å². The number of nitrogens with one attached hydrogen (secondary N) is 1. The fraction of sp³-hybridized carbons (Fsp3) is 0.357. The molecule has 2 aromatic carbocycles. The van der Waals surface area contributed by atoms with Crippen molar-refractivity contribution in [1.29, 1.82) is 0 Å². The molecule has 42 heavy (non-hydrogen) atoms. The molecule has 1 saturated heterocycles. The normalized spacial score (nSPS) is 17.8. The van der Waals surface area contributed by atoms with Crippen LogP contribution in [0.3, 0.4) is 0 Å². The average Bonchev–Trinajstić information content (AvgIpc) is 2.91. The van der Waals surface area contributed by atoms with Crippen LogP contribution in [0.5, 0.6) is 5.75 Å². The van der Waals surface area contributed by atoms with Gasteiger partial charge in [-0.1, -0.05) is 17.7 Å². The number of halogens is 6. The molecule has 0 unspecified atom stereocenters. The van der Waals surface area contributed by atoms with Crippen molar-refractivity contribution in [3.05, 3.63) is 71.0 Å². The van der Waals surface area contributed by atoms with E-state index in [9.17, 15) is 22.7 Å². The van der Waals surface area contributed by atoms with Crippen molar-refractivity contribution < 1.29 is 27.1 Å². The van der Waals surface area contributed by atoms with Crippen LogP contribution in [-0.4, -0.2) is 67.8 Å². The number of phenolic OH excluding ortho intramolecular Hbond substituents is 1. The highest BCUT2D eigenvalue weighted by molar-refractivity contribution is 6.34. The van der Waals surface area contributed by atoms with Crippen LogP contribution in [0, 0.1) is 11.6 Å². The Kier molecular flexibility index (Phi) is 8.44. The summed E-state index contributed by atoms with van der Waals surface area (Å²) in [5, 5.41) is 13.7. The number of alkyl halides is 3. The Labute approximate surface area is 243 Å². The first-order chi connectivity index (χ1) is 19.9. The fourth-order valence-corrected chi connectivity index (χ4v) is 5.34. The largest absolute Gasteiger partial charge is 0.507 e. The number of rotatable bonds is 7. The van der Waals surface area contributed by atoms with Crippen LogP contribution in [0.2, 0.25) is 5.02 Å². The first-order valence-corrected chi connectivity index (χ1v) is 13.5. The van der Waals surface area contributed by atoms with Crippen LogP contribution >= 0.6 is 11.6 Å². The summed E-state index contributed by atoms with van der Waals surface area (Å²) in [7, 11) is 0. The predicted octanol–water partition coefficient (Wildman–Crippen LogP) is 5.48. The number of aromatic hydroxyl groups is 1. The molecular weight excluding hydrogens is 581 g/mol. The summed E-state index contributed by atoms with van der Waals surface area (Å²) < 4.78 is 71.9. The molecule has 0 bridgehead atoms. The molecule has 0 saturated carbocycles. The highest BCUT2D eigenvalue weighted by atomic mass is 35.5. The van der Waals surface area contributed by atoms with E-state index in [0.29, 0.717) is 13.1 Å². The Morgan fingerprint density at radius 3 is 2.45 bits per heavy atom. The van der Waals surface area contributed by atoms with E-state index in [1.165, 1.54) is 30.6 Å². The molecule has 2 atom stereocenters. The molecule has 0 radical (unpaired) electrons. The molecule has 5 rings (SSSR count). The van der Waals surface area contributed by atoms with Gasteiger partial charge in [-0.15, -0.1) is 0 Å². The molecule has 2 aromatic heterocycles. The molecule has 1 aliphatic rings. The maximum Gasteiger partial charge on any atom is 0.401 e. The summed E-state index contributed by atoms with van der Waals surface area (Å²) in [6.45, 7) is 2.92. The Morgan fingerprint density at radius 2 is 1.76 bits per heavy atom. The lowest BCUT2D eigenvalue weighted by Gasteiger charge is -2.39. The number of anilines is 1. The maximum absolute atomic E-state index is 16.3. The molecule has 222 valence electrons. The Hall–Kier alpha value is -3.68. The second-order valence-corrected chi connectivity index (χ2v) is 10.7. The van der Waals surface area contributed by atoms with Crippen molar-refractivity contribution in [2.24, 2.45) is 0 Å². The third-order valence-corrected chi connectivity index (χ3v) is 7.24. The van der Waals surface area contributed by atoms with Crippen LogP contribution in [0.4, 0.5) is 27.8 Å². The third-order valence-electron chi connectivity index (χ3n) is 6.94. The lowest BCUT2D eigenvalue weighted by atomic mass is 10.0. The van der Waals surface area contributed by atoms with Gasteiger partial charge in [0.25, 0.3) is 0 Å². The van der Waals surface area contributed by atoms with Crippen molar-refractivity contribution in [3.8, 4) is 16.9 Å². The molecule has 4 aromatic rings. The van der Waals surface area contributed by atoms with E-state index in [0.717, 1.165) is 11.0 Å². The van der Waals surface area contributed by atoms with Crippen molar-refractivity contribution in [2.45, 2.75) is 45.2 Å². The van der Waals surface area contributed by atoms with E-state index in [2.05, 4.69) is 25.3 Å². The quantitative estimate of drug-likeness (QED) is 0.267. The average molecular weight is 608 g/mol.